The van der Waals surface area contributed by atoms with Gasteiger partial charge in [-0.3, -0.25) is 4.79 Å². The van der Waals surface area contributed by atoms with Crippen LogP contribution in [0.1, 0.15) is 6.42 Å². The van der Waals surface area contributed by atoms with E-state index < -0.39 is 6.10 Å². The summed E-state index contributed by atoms with van der Waals surface area (Å²) in [7, 11) is 3.15. The lowest BCUT2D eigenvalue weighted by Crippen LogP contribution is -2.44. The van der Waals surface area contributed by atoms with Crippen LogP contribution in [-0.4, -0.2) is 88.3 Å². The Hall–Kier alpha value is -3.24. The highest BCUT2D eigenvalue weighted by Gasteiger charge is 2.34. The van der Waals surface area contributed by atoms with Crippen molar-refractivity contribution in [2.75, 3.05) is 65.2 Å². The van der Waals surface area contributed by atoms with Gasteiger partial charge in [0, 0.05) is 25.1 Å². The highest BCUT2D eigenvalue weighted by Crippen LogP contribution is 2.41. The maximum absolute atomic E-state index is 12.7. The average molecular weight is 472 g/mol. The summed E-state index contributed by atoms with van der Waals surface area (Å²) in [5.74, 6) is 2.45. The van der Waals surface area contributed by atoms with Crippen molar-refractivity contribution in [1.29, 1.82) is 0 Å². The van der Waals surface area contributed by atoms with Crippen LogP contribution in [0, 0.1) is 0 Å². The fourth-order valence-corrected chi connectivity index (χ4v) is 4.46. The molecule has 0 radical (unpaired) electrons. The summed E-state index contributed by atoms with van der Waals surface area (Å²) in [6.07, 6.45) is 1.90. The molecule has 1 aromatic heterocycles. The zero-order valence-corrected chi connectivity index (χ0v) is 19.4. The second-order valence-corrected chi connectivity index (χ2v) is 8.28. The third-order valence-electron chi connectivity index (χ3n) is 6.17. The summed E-state index contributed by atoms with van der Waals surface area (Å²) >= 11 is 0. The molecular weight excluding hydrogens is 442 g/mol. The van der Waals surface area contributed by atoms with Crippen LogP contribution in [0.4, 0.5) is 11.4 Å². The first-order chi connectivity index (χ1) is 16.7. The number of fused-ring (bicyclic) bond motifs is 1. The molecule has 2 atom stereocenters. The van der Waals surface area contributed by atoms with E-state index in [1.165, 1.54) is 0 Å². The molecule has 1 amide bonds. The zero-order valence-electron chi connectivity index (χ0n) is 19.4. The summed E-state index contributed by atoms with van der Waals surface area (Å²) in [6.45, 7) is 3.67. The van der Waals surface area contributed by atoms with Crippen molar-refractivity contribution >= 4 is 17.3 Å². The molecule has 4 heterocycles. The number of carbonyl (C=O) groups is 1. The third-order valence-corrected chi connectivity index (χ3v) is 6.17. The molecule has 2 aromatic rings. The molecule has 3 aliphatic rings. The van der Waals surface area contributed by atoms with Crippen LogP contribution < -0.4 is 23.8 Å². The topological polar surface area (TPSA) is 91.8 Å². The highest BCUT2D eigenvalue weighted by molar-refractivity contribution is 5.81. The Labute approximate surface area is 198 Å². The van der Waals surface area contributed by atoms with E-state index in [-0.39, 0.29) is 12.0 Å². The third kappa shape index (κ3) is 4.55. The minimum Gasteiger partial charge on any atom is -0.491 e. The Bertz CT molecular complexity index is 1030. The number of methoxy groups -OCH3 is 2. The average Bonchev–Trinajstić information content (AvgIpc) is 3.36. The van der Waals surface area contributed by atoms with Gasteiger partial charge in [0.15, 0.2) is 11.9 Å². The van der Waals surface area contributed by atoms with Crippen molar-refractivity contribution in [1.82, 2.24) is 9.88 Å². The number of hydrogen-bond acceptors (Lipinski definition) is 9. The van der Waals surface area contributed by atoms with Crippen LogP contribution >= 0.6 is 0 Å². The van der Waals surface area contributed by atoms with E-state index in [0.717, 1.165) is 29.3 Å². The maximum Gasteiger partial charge on any atom is 0.256 e. The molecule has 10 nitrogen and oxygen atoms in total. The van der Waals surface area contributed by atoms with Crippen molar-refractivity contribution in [3.63, 3.8) is 0 Å². The molecule has 2 fully saturated rings. The van der Waals surface area contributed by atoms with Gasteiger partial charge in [0.25, 0.3) is 11.8 Å². The van der Waals surface area contributed by atoms with Gasteiger partial charge in [0.05, 0.1) is 64.7 Å². The van der Waals surface area contributed by atoms with Crippen molar-refractivity contribution in [3.05, 3.63) is 30.5 Å². The van der Waals surface area contributed by atoms with Gasteiger partial charge in [0.2, 0.25) is 0 Å². The van der Waals surface area contributed by atoms with Crippen molar-refractivity contribution in [3.8, 4) is 23.1 Å². The summed E-state index contributed by atoms with van der Waals surface area (Å²) in [5.41, 5.74) is 1.75. The summed E-state index contributed by atoms with van der Waals surface area (Å²) in [5, 5.41) is 0. The van der Waals surface area contributed by atoms with Crippen molar-refractivity contribution < 1.29 is 33.2 Å². The summed E-state index contributed by atoms with van der Waals surface area (Å²) < 4.78 is 33.7. The molecule has 34 heavy (non-hydrogen) atoms. The fraction of sp³-hybridized carbons (Fsp3) is 0.500. The van der Waals surface area contributed by atoms with E-state index in [4.69, 9.17) is 28.4 Å². The van der Waals surface area contributed by atoms with Gasteiger partial charge >= 0.3 is 0 Å². The minimum absolute atomic E-state index is 0.0308. The van der Waals surface area contributed by atoms with Gasteiger partial charge < -0.3 is 38.2 Å². The number of likely N-dealkylation sites (tertiary alicyclic amines) is 1. The van der Waals surface area contributed by atoms with E-state index in [9.17, 15) is 4.79 Å². The molecule has 2 unspecified atom stereocenters. The van der Waals surface area contributed by atoms with E-state index in [0.29, 0.717) is 57.7 Å². The maximum atomic E-state index is 12.7. The summed E-state index contributed by atoms with van der Waals surface area (Å²) in [4.78, 5) is 21.0. The largest absolute Gasteiger partial charge is 0.491 e. The Morgan fingerprint density at radius 2 is 2.03 bits per heavy atom. The Balaban J connectivity index is 1.29. The molecule has 0 spiro atoms. The van der Waals surface area contributed by atoms with E-state index in [2.05, 4.69) is 9.88 Å². The minimum atomic E-state index is -0.517. The van der Waals surface area contributed by atoms with Crippen molar-refractivity contribution in [2.45, 2.75) is 18.6 Å². The molecule has 1 aromatic carbocycles. The molecule has 0 saturated carbocycles. The van der Waals surface area contributed by atoms with Gasteiger partial charge in [-0.2, -0.15) is 0 Å². The number of ether oxygens (including phenoxy) is 6. The molecule has 0 bridgehead atoms. The molecule has 0 N–H and O–H groups in total. The first-order valence-corrected chi connectivity index (χ1v) is 11.4. The standard InChI is InChI=1S/C24H29N3O7/c1-29-21-11-16(13-25-23(21)30-2)27-7-8-32-20-4-3-17(12-19(20)27)34-18-5-6-26(14-18)24(28)22-15-31-9-10-33-22/h3-4,11-13,18,22H,5-10,14-15H2,1-2H3. The molecule has 3 aliphatic heterocycles. The van der Waals surface area contributed by atoms with E-state index >= 15 is 0 Å². The number of carbonyl (C=O) groups excluding carboxylic acids is 1. The predicted octanol–water partition coefficient (Wildman–Crippen LogP) is 2.02. The number of hydrogen-bond donors (Lipinski definition) is 0. The highest BCUT2D eigenvalue weighted by atomic mass is 16.6. The van der Waals surface area contributed by atoms with Crippen LogP contribution in [0.25, 0.3) is 0 Å². The lowest BCUT2D eigenvalue weighted by molar-refractivity contribution is -0.157. The van der Waals surface area contributed by atoms with Gasteiger partial charge in [0.1, 0.15) is 24.2 Å². The predicted molar refractivity (Wildman–Crippen MR) is 122 cm³/mol. The Kier molecular flexibility index (Phi) is 6.59. The lowest BCUT2D eigenvalue weighted by Gasteiger charge is -2.32. The van der Waals surface area contributed by atoms with Gasteiger partial charge in [-0.05, 0) is 12.1 Å². The number of rotatable bonds is 6. The monoisotopic (exact) mass is 471 g/mol. The molecule has 182 valence electrons. The van der Waals surface area contributed by atoms with Crippen LogP contribution in [0.5, 0.6) is 23.1 Å². The van der Waals surface area contributed by atoms with E-state index in [1.807, 2.05) is 24.3 Å². The smallest absolute Gasteiger partial charge is 0.256 e. The number of benzene rings is 1. The molecular formula is C24H29N3O7. The number of aromatic nitrogens is 1. The second-order valence-electron chi connectivity index (χ2n) is 8.28. The first-order valence-electron chi connectivity index (χ1n) is 11.4. The van der Waals surface area contributed by atoms with Crippen LogP contribution in [-0.2, 0) is 14.3 Å². The van der Waals surface area contributed by atoms with Crippen molar-refractivity contribution in [2.24, 2.45) is 0 Å². The fourth-order valence-electron chi connectivity index (χ4n) is 4.46. The normalized spacial score (nSPS) is 22.1. The molecule has 5 rings (SSSR count). The number of amides is 1. The Morgan fingerprint density at radius 3 is 2.82 bits per heavy atom. The quantitative estimate of drug-likeness (QED) is 0.627. The molecule has 2 saturated heterocycles. The molecule has 0 aliphatic carbocycles. The van der Waals surface area contributed by atoms with Gasteiger partial charge in [-0.15, -0.1) is 0 Å². The first kappa shape index (κ1) is 22.5. The van der Waals surface area contributed by atoms with Crippen LogP contribution in [0.2, 0.25) is 0 Å². The SMILES string of the molecule is COc1cc(N2CCOc3ccc(OC4CCN(C(=O)C5COCCO5)C4)cc32)cnc1OC. The number of anilines is 2. The Morgan fingerprint density at radius 1 is 1.12 bits per heavy atom. The second kappa shape index (κ2) is 9.94. The summed E-state index contributed by atoms with van der Waals surface area (Å²) in [6, 6.07) is 7.67. The van der Waals surface area contributed by atoms with Gasteiger partial charge in [-0.1, -0.05) is 0 Å². The number of nitrogens with zero attached hydrogens (tertiary/aromatic N) is 3. The molecule has 10 heteroatoms. The van der Waals surface area contributed by atoms with Crippen LogP contribution in [0.3, 0.4) is 0 Å². The van der Waals surface area contributed by atoms with Crippen LogP contribution in [0.15, 0.2) is 30.5 Å². The van der Waals surface area contributed by atoms with E-state index in [1.54, 1.807) is 25.3 Å². The lowest BCUT2D eigenvalue weighted by atomic mass is 10.2. The van der Waals surface area contributed by atoms with Gasteiger partial charge in [-0.25, -0.2) is 4.98 Å². The zero-order chi connectivity index (χ0) is 23.5. The number of pyridine rings is 1.